The van der Waals surface area contributed by atoms with Gasteiger partial charge in [0.15, 0.2) is 0 Å². The molecule has 13 heteroatoms. The molecule has 8 nitrogen and oxygen atoms in total. The maximum absolute atomic E-state index is 13.3. The van der Waals surface area contributed by atoms with Crippen molar-refractivity contribution in [1.29, 1.82) is 0 Å². The molecule has 0 spiro atoms. The topological polar surface area (TPSA) is 114 Å². The average molecular weight is 524 g/mol. The van der Waals surface area contributed by atoms with Gasteiger partial charge in [-0.05, 0) is 55.6 Å². The van der Waals surface area contributed by atoms with E-state index >= 15 is 0 Å². The Labute approximate surface area is 203 Å². The number of pyridine rings is 1. The molecule has 0 radical (unpaired) electrons. The lowest BCUT2D eigenvalue weighted by atomic mass is 10.1. The normalized spacial score (nSPS) is 13.1. The Morgan fingerprint density at radius 2 is 1.94 bits per heavy atom. The van der Waals surface area contributed by atoms with Crippen molar-refractivity contribution in [3.05, 3.63) is 77.5 Å². The Bertz CT molecular complexity index is 1440. The van der Waals surface area contributed by atoms with Gasteiger partial charge in [-0.15, -0.1) is 0 Å². The third-order valence-electron chi connectivity index (χ3n) is 4.83. The van der Waals surface area contributed by atoms with Crippen LogP contribution in [0.2, 0.25) is 0 Å². The minimum absolute atomic E-state index is 0.147. The van der Waals surface area contributed by atoms with E-state index in [1.807, 2.05) is 0 Å². The number of allylic oxidation sites excluding steroid dienone is 3. The number of aromatic nitrogens is 1. The standard InChI is InChI=1S/C23H20F4N4O4S/c1-3-14(19-6-4-16(11-29-19)23(25,26)27)9-18(28-2)12-30-21(32)13-31-36(33,34)22-10-15-8-17(24)5-7-20(15)35-22/h3-11,31H,2,12-13H2,1H3,(H,30,32)/b14-3+,18-9-. The second-order valence-electron chi connectivity index (χ2n) is 7.32. The van der Waals surface area contributed by atoms with Gasteiger partial charge in [0, 0.05) is 17.6 Å². The number of halogens is 4. The predicted octanol–water partition coefficient (Wildman–Crippen LogP) is 4.07. The van der Waals surface area contributed by atoms with E-state index in [0.717, 1.165) is 24.3 Å². The van der Waals surface area contributed by atoms with Crippen LogP contribution in [0.25, 0.3) is 16.5 Å². The quantitative estimate of drug-likeness (QED) is 0.249. The highest BCUT2D eigenvalue weighted by Crippen LogP contribution is 2.29. The third-order valence-corrected chi connectivity index (χ3v) is 6.09. The van der Waals surface area contributed by atoms with Gasteiger partial charge in [-0.3, -0.25) is 14.8 Å². The molecule has 0 aliphatic rings. The highest BCUT2D eigenvalue weighted by atomic mass is 32.2. The zero-order valence-electron chi connectivity index (χ0n) is 18.8. The first-order valence-electron chi connectivity index (χ1n) is 10.3. The number of carbonyl (C=O) groups is 1. The fourth-order valence-electron chi connectivity index (χ4n) is 2.98. The van der Waals surface area contributed by atoms with E-state index in [4.69, 9.17) is 4.42 Å². The van der Waals surface area contributed by atoms with Crippen LogP contribution in [-0.4, -0.2) is 39.1 Å². The van der Waals surface area contributed by atoms with E-state index in [1.165, 1.54) is 18.2 Å². The Balaban J connectivity index is 1.61. The summed E-state index contributed by atoms with van der Waals surface area (Å²) < 4.78 is 83.7. The van der Waals surface area contributed by atoms with Gasteiger partial charge in [0.25, 0.3) is 10.0 Å². The average Bonchev–Trinajstić information content (AvgIpc) is 3.27. The van der Waals surface area contributed by atoms with Crippen molar-refractivity contribution in [2.75, 3.05) is 13.1 Å². The molecule has 1 amide bonds. The number of fused-ring (bicyclic) bond motifs is 1. The van der Waals surface area contributed by atoms with Crippen LogP contribution in [0.3, 0.4) is 0 Å². The van der Waals surface area contributed by atoms with Crippen LogP contribution >= 0.6 is 0 Å². The number of carbonyl (C=O) groups excluding carboxylic acids is 1. The molecule has 3 aromatic rings. The maximum atomic E-state index is 13.3. The van der Waals surface area contributed by atoms with Gasteiger partial charge in [0.2, 0.25) is 11.0 Å². The summed E-state index contributed by atoms with van der Waals surface area (Å²) in [6.07, 6.45) is -0.740. The molecule has 0 aliphatic carbocycles. The number of benzene rings is 1. The van der Waals surface area contributed by atoms with Crippen LogP contribution in [0, 0.1) is 5.82 Å². The summed E-state index contributed by atoms with van der Waals surface area (Å²) in [5.74, 6) is -1.26. The third kappa shape index (κ3) is 6.64. The summed E-state index contributed by atoms with van der Waals surface area (Å²) in [5.41, 5.74) is 0.201. The van der Waals surface area contributed by atoms with Gasteiger partial charge in [-0.25, -0.2) is 12.8 Å². The zero-order chi connectivity index (χ0) is 26.5. The van der Waals surface area contributed by atoms with Crippen molar-refractivity contribution in [2.24, 2.45) is 4.99 Å². The molecule has 0 saturated carbocycles. The molecule has 36 heavy (non-hydrogen) atoms. The van der Waals surface area contributed by atoms with Crippen LogP contribution in [0.1, 0.15) is 18.2 Å². The van der Waals surface area contributed by atoms with E-state index in [2.05, 4.69) is 26.7 Å². The largest absolute Gasteiger partial charge is 0.443 e. The second-order valence-corrected chi connectivity index (χ2v) is 9.01. The molecule has 0 aliphatic heterocycles. The fraction of sp³-hybridized carbons (Fsp3) is 0.174. The zero-order valence-corrected chi connectivity index (χ0v) is 19.6. The van der Waals surface area contributed by atoms with Crippen LogP contribution in [0.5, 0.6) is 0 Å². The number of rotatable bonds is 9. The number of nitrogens with zero attached hydrogens (tertiary/aromatic N) is 2. The highest BCUT2D eigenvalue weighted by molar-refractivity contribution is 7.89. The number of furan rings is 1. The van der Waals surface area contributed by atoms with Gasteiger partial charge in [-0.1, -0.05) is 6.08 Å². The van der Waals surface area contributed by atoms with Crippen LogP contribution < -0.4 is 10.0 Å². The van der Waals surface area contributed by atoms with Crippen molar-refractivity contribution in [1.82, 2.24) is 15.0 Å². The van der Waals surface area contributed by atoms with Crippen LogP contribution in [0.15, 0.2) is 74.9 Å². The second kappa shape index (κ2) is 10.8. The molecule has 3 rings (SSSR count). The van der Waals surface area contributed by atoms with E-state index in [0.29, 0.717) is 11.8 Å². The van der Waals surface area contributed by atoms with Crippen molar-refractivity contribution in [3.63, 3.8) is 0 Å². The SMILES string of the molecule is C=N/C(=C\C(=C/C)c1ccc(C(F)(F)F)cn1)CNC(=O)CNS(=O)(=O)c1cc2cc(F)ccc2o1. The van der Waals surface area contributed by atoms with Crippen molar-refractivity contribution in [2.45, 2.75) is 18.2 Å². The van der Waals surface area contributed by atoms with E-state index in [9.17, 15) is 30.8 Å². The summed E-state index contributed by atoms with van der Waals surface area (Å²) in [6, 6.07) is 6.75. The molecule has 190 valence electrons. The Kier molecular flexibility index (Phi) is 8.05. The van der Waals surface area contributed by atoms with Crippen LogP contribution in [-0.2, 0) is 21.0 Å². The lowest BCUT2D eigenvalue weighted by molar-refractivity contribution is -0.137. The molecule has 2 heterocycles. The molecule has 0 unspecified atom stereocenters. The number of sulfonamides is 1. The molecule has 1 aromatic carbocycles. The molecular formula is C23H20F4N4O4S. The summed E-state index contributed by atoms with van der Waals surface area (Å²) >= 11 is 0. The number of aliphatic imine (C=N–C) groups is 1. The van der Waals surface area contributed by atoms with Gasteiger partial charge < -0.3 is 9.73 Å². The summed E-state index contributed by atoms with van der Waals surface area (Å²) in [6.45, 7) is 4.27. The summed E-state index contributed by atoms with van der Waals surface area (Å²) in [4.78, 5) is 19.8. The summed E-state index contributed by atoms with van der Waals surface area (Å²) in [5, 5.41) is 2.22. The van der Waals surface area contributed by atoms with Crippen LogP contribution in [0.4, 0.5) is 17.6 Å². The van der Waals surface area contributed by atoms with E-state index in [-0.39, 0.29) is 28.9 Å². The molecular weight excluding hydrogens is 504 g/mol. The van der Waals surface area contributed by atoms with Gasteiger partial charge in [0.1, 0.15) is 11.4 Å². The number of nitrogens with one attached hydrogen (secondary N) is 2. The lowest BCUT2D eigenvalue weighted by Crippen LogP contribution is -2.37. The minimum atomic E-state index is -4.51. The van der Waals surface area contributed by atoms with Gasteiger partial charge >= 0.3 is 6.18 Å². The van der Waals surface area contributed by atoms with E-state index < -0.39 is 45.1 Å². The molecule has 2 N–H and O–H groups in total. The molecule has 2 aromatic heterocycles. The Morgan fingerprint density at radius 3 is 2.56 bits per heavy atom. The first kappa shape index (κ1) is 26.8. The first-order chi connectivity index (χ1) is 16.9. The van der Waals surface area contributed by atoms with E-state index in [1.54, 1.807) is 13.0 Å². The number of hydrogen-bond donors (Lipinski definition) is 2. The first-order valence-corrected chi connectivity index (χ1v) is 11.7. The fourth-order valence-corrected chi connectivity index (χ4v) is 3.92. The Morgan fingerprint density at radius 1 is 1.19 bits per heavy atom. The highest BCUT2D eigenvalue weighted by Gasteiger charge is 2.30. The van der Waals surface area contributed by atoms with Crippen molar-refractivity contribution < 1.29 is 35.2 Å². The smallest absolute Gasteiger partial charge is 0.417 e. The maximum Gasteiger partial charge on any atom is 0.417 e. The number of amides is 1. The van der Waals surface area contributed by atoms with Crippen molar-refractivity contribution >= 4 is 39.2 Å². The number of alkyl halides is 3. The van der Waals surface area contributed by atoms with Gasteiger partial charge in [-0.2, -0.15) is 17.9 Å². The molecule has 0 fully saturated rings. The lowest BCUT2D eigenvalue weighted by Gasteiger charge is -2.09. The summed E-state index contributed by atoms with van der Waals surface area (Å²) in [7, 11) is -4.20. The predicted molar refractivity (Wildman–Crippen MR) is 125 cm³/mol. The molecule has 0 bridgehead atoms. The van der Waals surface area contributed by atoms with Crippen molar-refractivity contribution in [3.8, 4) is 0 Å². The number of hydrogen-bond acceptors (Lipinski definition) is 6. The van der Waals surface area contributed by atoms with Gasteiger partial charge in [0.05, 0.1) is 30.0 Å². The minimum Gasteiger partial charge on any atom is -0.443 e. The monoisotopic (exact) mass is 524 g/mol. The molecule has 0 saturated heterocycles. The molecule has 0 atom stereocenters. The Hall–Kier alpha value is -3.84.